The molecule has 0 unspecified atom stereocenters. The maximum Gasteiger partial charge on any atom is 0.344 e. The van der Waals surface area contributed by atoms with E-state index in [4.69, 9.17) is 10.2 Å². The normalized spacial score (nSPS) is 15.6. The summed E-state index contributed by atoms with van der Waals surface area (Å²) in [5, 5.41) is 20.3. The number of carboxylic acids is 2. The number of benzene rings is 1. The summed E-state index contributed by atoms with van der Waals surface area (Å²) in [6.07, 6.45) is 8.61. The Morgan fingerprint density at radius 1 is 0.955 bits per heavy atom. The summed E-state index contributed by atoms with van der Waals surface area (Å²) in [4.78, 5) is 21.5. The monoisotopic (exact) mass is 303 g/mol. The fourth-order valence-electron chi connectivity index (χ4n) is 2.83. The van der Waals surface area contributed by atoms with Gasteiger partial charge in [0.15, 0.2) is 5.57 Å². The first-order valence-electron chi connectivity index (χ1n) is 7.61. The minimum Gasteiger partial charge on any atom is -0.477 e. The van der Waals surface area contributed by atoms with Gasteiger partial charge in [0.1, 0.15) is 0 Å². The molecule has 1 aliphatic carbocycles. The predicted octanol–water partition coefficient (Wildman–Crippen LogP) is 3.59. The zero-order valence-corrected chi connectivity index (χ0v) is 12.4. The predicted molar refractivity (Wildman–Crippen MR) is 83.9 cm³/mol. The molecule has 0 aromatic heterocycles. The maximum absolute atomic E-state index is 10.8. The van der Waals surface area contributed by atoms with Crippen LogP contribution in [-0.4, -0.2) is 22.2 Å². The lowest BCUT2D eigenvalue weighted by Gasteiger charge is -2.14. The number of hydrogen-bond donors (Lipinski definition) is 3. The molecule has 1 aromatic carbocycles. The topological polar surface area (TPSA) is 86.6 Å². The zero-order chi connectivity index (χ0) is 15.9. The molecule has 0 bridgehead atoms. The minimum atomic E-state index is -1.46. The van der Waals surface area contributed by atoms with E-state index in [1.54, 1.807) is 0 Å². The molecule has 22 heavy (non-hydrogen) atoms. The van der Waals surface area contributed by atoms with Crippen molar-refractivity contribution >= 4 is 17.6 Å². The molecule has 0 aliphatic heterocycles. The van der Waals surface area contributed by atoms with Crippen molar-refractivity contribution < 1.29 is 19.8 Å². The van der Waals surface area contributed by atoms with E-state index >= 15 is 0 Å². The first kappa shape index (κ1) is 16.1. The van der Waals surface area contributed by atoms with Gasteiger partial charge in [0.25, 0.3) is 0 Å². The number of rotatable bonds is 5. The quantitative estimate of drug-likeness (QED) is 0.335. The van der Waals surface area contributed by atoms with Crippen LogP contribution in [0, 0.1) is 0 Å². The largest absolute Gasteiger partial charge is 0.477 e. The van der Waals surface area contributed by atoms with Crippen molar-refractivity contribution in [1.82, 2.24) is 0 Å². The van der Waals surface area contributed by atoms with E-state index in [0.717, 1.165) is 6.20 Å². The second-order valence-electron chi connectivity index (χ2n) is 5.62. The molecule has 1 saturated carbocycles. The van der Waals surface area contributed by atoms with Crippen molar-refractivity contribution in [3.8, 4) is 0 Å². The van der Waals surface area contributed by atoms with Gasteiger partial charge in [-0.2, -0.15) is 0 Å². The van der Waals surface area contributed by atoms with Gasteiger partial charge in [-0.3, -0.25) is 0 Å². The fraction of sp³-hybridized carbons (Fsp3) is 0.412. The highest BCUT2D eigenvalue weighted by Gasteiger charge is 2.16. The van der Waals surface area contributed by atoms with Gasteiger partial charge >= 0.3 is 11.9 Å². The molecular weight excluding hydrogens is 282 g/mol. The molecule has 0 atom stereocenters. The van der Waals surface area contributed by atoms with Gasteiger partial charge < -0.3 is 15.5 Å². The molecule has 0 saturated heterocycles. The van der Waals surface area contributed by atoms with E-state index in [-0.39, 0.29) is 0 Å². The molecule has 1 aromatic rings. The average Bonchev–Trinajstić information content (AvgIpc) is 2.76. The van der Waals surface area contributed by atoms with E-state index in [1.165, 1.54) is 44.1 Å². The van der Waals surface area contributed by atoms with Crippen LogP contribution >= 0.6 is 0 Å². The first-order chi connectivity index (χ1) is 10.6. The maximum atomic E-state index is 10.8. The Hall–Kier alpha value is -2.30. The lowest BCUT2D eigenvalue weighted by atomic mass is 9.92. The summed E-state index contributed by atoms with van der Waals surface area (Å²) >= 11 is 0. The second-order valence-corrected chi connectivity index (χ2v) is 5.62. The molecule has 118 valence electrons. The van der Waals surface area contributed by atoms with Gasteiger partial charge in [-0.05, 0) is 36.5 Å². The van der Waals surface area contributed by atoms with E-state index in [2.05, 4.69) is 5.32 Å². The molecule has 0 amide bonds. The third kappa shape index (κ3) is 4.35. The van der Waals surface area contributed by atoms with Crippen molar-refractivity contribution in [3.05, 3.63) is 41.6 Å². The Morgan fingerprint density at radius 3 is 2.00 bits per heavy atom. The van der Waals surface area contributed by atoms with Gasteiger partial charge in [-0.25, -0.2) is 9.59 Å². The van der Waals surface area contributed by atoms with Crippen LogP contribution in [0.4, 0.5) is 5.69 Å². The summed E-state index contributed by atoms with van der Waals surface area (Å²) in [5.41, 5.74) is 1.29. The number of anilines is 1. The van der Waals surface area contributed by atoms with Crippen LogP contribution < -0.4 is 5.32 Å². The van der Waals surface area contributed by atoms with Crippen LogP contribution in [-0.2, 0) is 9.59 Å². The molecular formula is C17H21NO4. The molecule has 5 heteroatoms. The summed E-state index contributed by atoms with van der Waals surface area (Å²) in [6, 6.07) is 7.79. The Morgan fingerprint density at radius 2 is 1.50 bits per heavy atom. The lowest BCUT2D eigenvalue weighted by molar-refractivity contribution is -0.140. The van der Waals surface area contributed by atoms with Crippen LogP contribution in [0.2, 0.25) is 0 Å². The SMILES string of the molecule is O=C(O)C(=CNc1ccc(C2CCCCCC2)cc1)C(=O)O. The highest BCUT2D eigenvalue weighted by Crippen LogP contribution is 2.32. The highest BCUT2D eigenvalue weighted by molar-refractivity contribution is 6.12. The summed E-state index contributed by atoms with van der Waals surface area (Å²) in [7, 11) is 0. The van der Waals surface area contributed by atoms with Crippen molar-refractivity contribution in [2.45, 2.75) is 44.4 Å². The molecule has 1 aliphatic rings. The van der Waals surface area contributed by atoms with Crippen LogP contribution in [0.1, 0.15) is 50.0 Å². The molecule has 2 rings (SSSR count). The molecule has 1 fully saturated rings. The van der Waals surface area contributed by atoms with Crippen molar-refractivity contribution in [1.29, 1.82) is 0 Å². The highest BCUT2D eigenvalue weighted by atomic mass is 16.4. The molecule has 0 spiro atoms. The standard InChI is InChI=1S/C17H21NO4/c19-16(20)15(17(21)22)11-18-14-9-7-13(8-10-14)12-5-3-1-2-4-6-12/h7-12,18H,1-6H2,(H,19,20)(H,21,22). The number of aliphatic carboxylic acids is 2. The number of carboxylic acid groups (broad SMARTS) is 2. The van der Waals surface area contributed by atoms with Crippen LogP contribution in [0.25, 0.3) is 0 Å². The average molecular weight is 303 g/mol. The van der Waals surface area contributed by atoms with Crippen LogP contribution in [0.3, 0.4) is 0 Å². The smallest absolute Gasteiger partial charge is 0.344 e. The first-order valence-corrected chi connectivity index (χ1v) is 7.61. The van der Waals surface area contributed by atoms with Crippen molar-refractivity contribution in [2.24, 2.45) is 0 Å². The van der Waals surface area contributed by atoms with Gasteiger partial charge in [0.2, 0.25) is 0 Å². The van der Waals surface area contributed by atoms with E-state index in [0.29, 0.717) is 11.6 Å². The zero-order valence-electron chi connectivity index (χ0n) is 12.4. The number of hydrogen-bond acceptors (Lipinski definition) is 3. The molecule has 0 heterocycles. The van der Waals surface area contributed by atoms with Crippen LogP contribution in [0.15, 0.2) is 36.0 Å². The summed E-state index contributed by atoms with van der Waals surface area (Å²) in [5.74, 6) is -2.33. The van der Waals surface area contributed by atoms with Crippen LogP contribution in [0.5, 0.6) is 0 Å². The molecule has 3 N–H and O–H groups in total. The Kier molecular flexibility index (Phi) is 5.58. The fourth-order valence-corrected chi connectivity index (χ4v) is 2.83. The second kappa shape index (κ2) is 7.64. The third-order valence-corrected chi connectivity index (χ3v) is 4.08. The van der Waals surface area contributed by atoms with Crippen molar-refractivity contribution in [3.63, 3.8) is 0 Å². The summed E-state index contributed by atoms with van der Waals surface area (Å²) in [6.45, 7) is 0. The molecule has 0 radical (unpaired) electrons. The molecule has 5 nitrogen and oxygen atoms in total. The Bertz CT molecular complexity index is 539. The van der Waals surface area contributed by atoms with E-state index in [1.807, 2.05) is 24.3 Å². The van der Waals surface area contributed by atoms with E-state index in [9.17, 15) is 9.59 Å². The lowest BCUT2D eigenvalue weighted by Crippen LogP contribution is -2.12. The third-order valence-electron chi connectivity index (χ3n) is 4.08. The Balaban J connectivity index is 2.03. The number of carbonyl (C=O) groups is 2. The van der Waals surface area contributed by atoms with Gasteiger partial charge in [-0.1, -0.05) is 37.8 Å². The van der Waals surface area contributed by atoms with Crippen molar-refractivity contribution in [2.75, 3.05) is 5.32 Å². The van der Waals surface area contributed by atoms with Gasteiger partial charge in [-0.15, -0.1) is 0 Å². The number of nitrogens with one attached hydrogen (secondary N) is 1. The Labute approximate surface area is 129 Å². The minimum absolute atomic E-state index is 0.598. The van der Waals surface area contributed by atoms with Gasteiger partial charge in [0.05, 0.1) is 0 Å². The van der Waals surface area contributed by atoms with E-state index < -0.39 is 17.5 Å². The van der Waals surface area contributed by atoms with Gasteiger partial charge in [0, 0.05) is 11.9 Å². The summed E-state index contributed by atoms with van der Waals surface area (Å²) < 4.78 is 0.